The summed E-state index contributed by atoms with van der Waals surface area (Å²) in [4.78, 5) is 22.7. The molecule has 0 spiro atoms. The lowest BCUT2D eigenvalue weighted by Crippen LogP contribution is -2.59. The van der Waals surface area contributed by atoms with Crippen LogP contribution in [0.3, 0.4) is 0 Å². The van der Waals surface area contributed by atoms with Gasteiger partial charge in [-0.05, 0) is 34.6 Å². The molecule has 9 heteroatoms. The fourth-order valence-electron chi connectivity index (χ4n) is 2.94. The number of carbonyl (C=O) groups is 1. The van der Waals surface area contributed by atoms with Gasteiger partial charge < -0.3 is 15.2 Å². The van der Waals surface area contributed by atoms with Gasteiger partial charge in [0, 0.05) is 11.8 Å². The van der Waals surface area contributed by atoms with Gasteiger partial charge in [0.15, 0.2) is 0 Å². The highest BCUT2D eigenvalue weighted by atomic mass is 16.6. The van der Waals surface area contributed by atoms with E-state index < -0.39 is 11.1 Å². The number of aromatic nitrogens is 4. The van der Waals surface area contributed by atoms with Gasteiger partial charge in [-0.25, -0.2) is 9.78 Å². The molecule has 2 N–H and O–H groups in total. The maximum atomic E-state index is 12.6. The summed E-state index contributed by atoms with van der Waals surface area (Å²) >= 11 is 0. The number of nitrogens with zero attached hydrogens (tertiary/aromatic N) is 5. The Labute approximate surface area is 164 Å². The third-order valence-electron chi connectivity index (χ3n) is 4.39. The molecule has 1 aliphatic rings. The minimum absolute atomic E-state index is 0.189. The van der Waals surface area contributed by atoms with Crippen LogP contribution in [0.1, 0.15) is 34.6 Å². The SMILES string of the molecule is CC(C)(C)OC(=O)N1C[C@@H](Cn2cc(-c3cnc(N)cn3)cn2)OCC1(C)C. The number of anilines is 1. The van der Waals surface area contributed by atoms with Crippen molar-refractivity contribution in [2.24, 2.45) is 0 Å². The van der Waals surface area contributed by atoms with E-state index >= 15 is 0 Å². The smallest absolute Gasteiger partial charge is 0.410 e. The quantitative estimate of drug-likeness (QED) is 0.859. The van der Waals surface area contributed by atoms with E-state index in [0.717, 1.165) is 5.56 Å². The monoisotopic (exact) mass is 388 g/mol. The molecule has 0 aromatic carbocycles. The van der Waals surface area contributed by atoms with E-state index in [2.05, 4.69) is 15.1 Å². The zero-order valence-corrected chi connectivity index (χ0v) is 17.0. The Balaban J connectivity index is 1.68. The van der Waals surface area contributed by atoms with E-state index in [-0.39, 0.29) is 12.2 Å². The molecule has 1 atom stereocenters. The van der Waals surface area contributed by atoms with Gasteiger partial charge in [-0.3, -0.25) is 14.6 Å². The number of rotatable bonds is 3. The summed E-state index contributed by atoms with van der Waals surface area (Å²) in [5, 5.41) is 4.38. The van der Waals surface area contributed by atoms with Crippen molar-refractivity contribution >= 4 is 11.9 Å². The first kappa shape index (κ1) is 20.1. The summed E-state index contributed by atoms with van der Waals surface area (Å²) in [6.45, 7) is 10.9. The first-order valence-corrected chi connectivity index (χ1v) is 9.26. The Morgan fingerprint density at radius 1 is 1.32 bits per heavy atom. The van der Waals surface area contributed by atoms with Gasteiger partial charge in [-0.1, -0.05) is 0 Å². The number of hydrogen-bond donors (Lipinski definition) is 1. The summed E-state index contributed by atoms with van der Waals surface area (Å²) in [5.41, 5.74) is 6.13. The highest BCUT2D eigenvalue weighted by molar-refractivity contribution is 5.69. The van der Waals surface area contributed by atoms with Gasteiger partial charge in [-0.2, -0.15) is 5.10 Å². The van der Waals surface area contributed by atoms with Gasteiger partial charge in [-0.15, -0.1) is 0 Å². The van der Waals surface area contributed by atoms with Gasteiger partial charge in [0.05, 0.1) is 55.6 Å². The van der Waals surface area contributed by atoms with Gasteiger partial charge in [0.1, 0.15) is 11.4 Å². The third-order valence-corrected chi connectivity index (χ3v) is 4.39. The highest BCUT2D eigenvalue weighted by Crippen LogP contribution is 2.25. The second-order valence-electron chi connectivity index (χ2n) is 8.61. The molecule has 0 unspecified atom stereocenters. The van der Waals surface area contributed by atoms with Crippen molar-refractivity contribution in [3.8, 4) is 11.3 Å². The van der Waals surface area contributed by atoms with Gasteiger partial charge >= 0.3 is 6.09 Å². The predicted molar refractivity (Wildman–Crippen MR) is 104 cm³/mol. The average Bonchev–Trinajstić information content (AvgIpc) is 3.04. The molecule has 0 radical (unpaired) electrons. The zero-order chi connectivity index (χ0) is 20.5. The lowest BCUT2D eigenvalue weighted by Gasteiger charge is -2.45. The van der Waals surface area contributed by atoms with Crippen LogP contribution in [0.4, 0.5) is 10.6 Å². The zero-order valence-electron chi connectivity index (χ0n) is 17.0. The van der Waals surface area contributed by atoms with E-state index in [9.17, 15) is 4.79 Å². The fraction of sp³-hybridized carbons (Fsp3) is 0.579. The van der Waals surface area contributed by atoms with Crippen molar-refractivity contribution < 1.29 is 14.3 Å². The molecule has 3 rings (SSSR count). The molecule has 1 amide bonds. The Morgan fingerprint density at radius 2 is 2.07 bits per heavy atom. The Morgan fingerprint density at radius 3 is 2.71 bits per heavy atom. The average molecular weight is 388 g/mol. The maximum Gasteiger partial charge on any atom is 0.410 e. The topological polar surface area (TPSA) is 108 Å². The molecule has 1 aliphatic heterocycles. The van der Waals surface area contributed by atoms with Crippen molar-refractivity contribution in [2.45, 2.75) is 58.4 Å². The third kappa shape index (κ3) is 4.78. The lowest BCUT2D eigenvalue weighted by atomic mass is 10.0. The van der Waals surface area contributed by atoms with E-state index in [1.807, 2.05) is 40.8 Å². The summed E-state index contributed by atoms with van der Waals surface area (Å²) in [6, 6.07) is 0. The lowest BCUT2D eigenvalue weighted by molar-refractivity contribution is -0.103. The molecule has 0 saturated carbocycles. The summed E-state index contributed by atoms with van der Waals surface area (Å²) in [5.74, 6) is 0.372. The Kier molecular flexibility index (Phi) is 5.29. The van der Waals surface area contributed by atoms with Crippen molar-refractivity contribution in [3.63, 3.8) is 0 Å². The minimum Gasteiger partial charge on any atom is -0.444 e. The Hall–Kier alpha value is -2.68. The van der Waals surface area contributed by atoms with Crippen LogP contribution in [0.25, 0.3) is 11.3 Å². The molecule has 2 aromatic heterocycles. The van der Waals surface area contributed by atoms with E-state index in [1.54, 1.807) is 22.0 Å². The Bertz CT molecular complexity index is 825. The van der Waals surface area contributed by atoms with Crippen LogP contribution >= 0.6 is 0 Å². The van der Waals surface area contributed by atoms with Crippen LogP contribution in [0, 0.1) is 0 Å². The molecular weight excluding hydrogens is 360 g/mol. The highest BCUT2D eigenvalue weighted by Gasteiger charge is 2.40. The van der Waals surface area contributed by atoms with Crippen LogP contribution in [0.15, 0.2) is 24.8 Å². The van der Waals surface area contributed by atoms with E-state index in [1.165, 1.54) is 6.20 Å². The number of nitrogens with two attached hydrogens (primary N) is 1. The number of carbonyl (C=O) groups excluding carboxylic acids is 1. The van der Waals surface area contributed by atoms with Crippen molar-refractivity contribution in [1.82, 2.24) is 24.6 Å². The van der Waals surface area contributed by atoms with Crippen molar-refractivity contribution in [3.05, 3.63) is 24.8 Å². The normalized spacial score (nSPS) is 19.5. The molecule has 28 heavy (non-hydrogen) atoms. The number of ether oxygens (including phenoxy) is 2. The molecule has 0 aliphatic carbocycles. The van der Waals surface area contributed by atoms with E-state index in [4.69, 9.17) is 15.2 Å². The number of nitrogen functional groups attached to an aromatic ring is 1. The molecule has 0 bridgehead atoms. The number of amides is 1. The van der Waals surface area contributed by atoms with Crippen LogP contribution in [-0.2, 0) is 16.0 Å². The number of hydrogen-bond acceptors (Lipinski definition) is 7. The van der Waals surface area contributed by atoms with Crippen LogP contribution in [0.2, 0.25) is 0 Å². The molecule has 3 heterocycles. The fourth-order valence-corrected chi connectivity index (χ4v) is 2.94. The summed E-state index contributed by atoms with van der Waals surface area (Å²) < 4.78 is 13.3. The largest absolute Gasteiger partial charge is 0.444 e. The molecule has 9 nitrogen and oxygen atoms in total. The summed E-state index contributed by atoms with van der Waals surface area (Å²) in [6.07, 6.45) is 6.20. The first-order valence-electron chi connectivity index (χ1n) is 9.26. The minimum atomic E-state index is -0.544. The van der Waals surface area contributed by atoms with Crippen molar-refractivity contribution in [2.75, 3.05) is 18.9 Å². The molecule has 2 aromatic rings. The second-order valence-corrected chi connectivity index (χ2v) is 8.61. The van der Waals surface area contributed by atoms with Gasteiger partial charge in [0.2, 0.25) is 0 Å². The maximum absolute atomic E-state index is 12.6. The van der Waals surface area contributed by atoms with Crippen LogP contribution in [-0.4, -0.2) is 61.1 Å². The van der Waals surface area contributed by atoms with E-state index in [0.29, 0.717) is 31.2 Å². The van der Waals surface area contributed by atoms with Gasteiger partial charge in [0.25, 0.3) is 0 Å². The number of morpholine rings is 1. The standard InChI is InChI=1S/C19H28N6O3/c1-18(2,3)28-17(26)25-11-14(27-12-19(25,4)5)10-24-9-13(6-23-24)15-7-22-16(20)8-21-15/h6-9,14H,10-12H2,1-5H3,(H2,20,22)/t14-/m1/s1. The molecule has 1 saturated heterocycles. The summed E-state index contributed by atoms with van der Waals surface area (Å²) in [7, 11) is 0. The van der Waals surface area contributed by atoms with Crippen molar-refractivity contribution in [1.29, 1.82) is 0 Å². The molecular formula is C19H28N6O3. The first-order chi connectivity index (χ1) is 13.0. The second kappa shape index (κ2) is 7.38. The molecule has 152 valence electrons. The van der Waals surface area contributed by atoms with Crippen LogP contribution < -0.4 is 5.73 Å². The van der Waals surface area contributed by atoms with Crippen LogP contribution in [0.5, 0.6) is 0 Å². The predicted octanol–water partition coefficient (Wildman–Crippen LogP) is 2.34. The molecule has 1 fully saturated rings.